The molecule has 92 valence electrons. The van der Waals surface area contributed by atoms with Crippen molar-refractivity contribution < 1.29 is 0 Å². The molecule has 0 N–H and O–H groups in total. The lowest BCUT2D eigenvalue weighted by Crippen LogP contribution is -2.54. The van der Waals surface area contributed by atoms with Crippen LogP contribution < -0.4 is 0 Å². The summed E-state index contributed by atoms with van der Waals surface area (Å²) in [4.78, 5) is 0. The van der Waals surface area contributed by atoms with Crippen molar-refractivity contribution in [2.75, 3.05) is 6.26 Å². The van der Waals surface area contributed by atoms with Gasteiger partial charge in [0, 0.05) is 4.37 Å². The Bertz CT molecular complexity index is 426. The second-order valence-electron chi connectivity index (χ2n) is 5.44. The van der Waals surface area contributed by atoms with Gasteiger partial charge in [0.1, 0.15) is 8.07 Å². The van der Waals surface area contributed by atoms with Crippen molar-refractivity contribution >= 4 is 19.8 Å². The van der Waals surface area contributed by atoms with Gasteiger partial charge in [0.25, 0.3) is 0 Å². The number of rotatable bonds is 3. The van der Waals surface area contributed by atoms with E-state index in [1.54, 1.807) is 10.8 Å². The highest BCUT2D eigenvalue weighted by Gasteiger charge is 2.49. The molecule has 0 spiro atoms. The third-order valence-electron chi connectivity index (χ3n) is 4.38. The highest BCUT2D eigenvalue weighted by Crippen LogP contribution is 2.48. The largest absolute Gasteiger partial charge is 0.157 e. The van der Waals surface area contributed by atoms with Crippen molar-refractivity contribution in [2.45, 2.75) is 37.2 Å². The SMILES string of the molecule is CSC1([Si](C)(C)C2=CCC=C2)CC=CC=C1C. The summed E-state index contributed by atoms with van der Waals surface area (Å²) in [5, 5.41) is 1.63. The molecule has 0 amide bonds. The van der Waals surface area contributed by atoms with E-state index in [1.165, 1.54) is 6.42 Å². The van der Waals surface area contributed by atoms with Crippen molar-refractivity contribution in [3.05, 3.63) is 47.2 Å². The smallest absolute Gasteiger partial charge is 0.103 e. The molecule has 0 saturated heterocycles. The van der Waals surface area contributed by atoms with Crippen LogP contribution >= 0.6 is 11.8 Å². The molecule has 2 aliphatic carbocycles. The molecule has 2 aliphatic rings. The third kappa shape index (κ3) is 1.91. The molecule has 0 heterocycles. The van der Waals surface area contributed by atoms with Crippen molar-refractivity contribution in [3.8, 4) is 0 Å². The Morgan fingerprint density at radius 3 is 2.59 bits per heavy atom. The van der Waals surface area contributed by atoms with Crippen LogP contribution in [-0.4, -0.2) is 18.7 Å². The maximum absolute atomic E-state index is 2.53. The normalized spacial score (nSPS) is 28.2. The molecule has 0 aromatic rings. The van der Waals surface area contributed by atoms with Crippen molar-refractivity contribution in [2.24, 2.45) is 0 Å². The van der Waals surface area contributed by atoms with Crippen LogP contribution in [0.3, 0.4) is 0 Å². The van der Waals surface area contributed by atoms with E-state index < -0.39 is 8.07 Å². The van der Waals surface area contributed by atoms with Crippen molar-refractivity contribution in [3.63, 3.8) is 0 Å². The van der Waals surface area contributed by atoms with Crippen LogP contribution in [0.5, 0.6) is 0 Å². The second kappa shape index (κ2) is 4.66. The lowest BCUT2D eigenvalue weighted by atomic mass is 10.1. The summed E-state index contributed by atoms with van der Waals surface area (Å²) in [5.41, 5.74) is 1.56. The van der Waals surface area contributed by atoms with Gasteiger partial charge in [-0.25, -0.2) is 0 Å². The number of thioether (sulfide) groups is 1. The molecule has 0 fully saturated rings. The van der Waals surface area contributed by atoms with Crippen LogP contribution in [0.2, 0.25) is 13.1 Å². The first kappa shape index (κ1) is 13.0. The average Bonchev–Trinajstić information content (AvgIpc) is 2.83. The molecule has 2 heteroatoms. The number of hydrogen-bond donors (Lipinski definition) is 0. The Morgan fingerprint density at radius 2 is 2.06 bits per heavy atom. The van der Waals surface area contributed by atoms with Crippen LogP contribution in [0.4, 0.5) is 0 Å². The second-order valence-corrected chi connectivity index (χ2v) is 11.6. The molecule has 17 heavy (non-hydrogen) atoms. The van der Waals surface area contributed by atoms with E-state index in [-0.39, 0.29) is 0 Å². The minimum absolute atomic E-state index is 0.349. The molecule has 0 nitrogen and oxygen atoms in total. The quantitative estimate of drug-likeness (QED) is 0.666. The van der Waals surface area contributed by atoms with E-state index in [1.807, 2.05) is 0 Å². The number of hydrogen-bond acceptors (Lipinski definition) is 1. The summed E-state index contributed by atoms with van der Waals surface area (Å²) in [7, 11) is -1.47. The van der Waals surface area contributed by atoms with Crippen molar-refractivity contribution in [1.29, 1.82) is 0 Å². The monoisotopic (exact) mass is 262 g/mol. The molecule has 1 unspecified atom stereocenters. The summed E-state index contributed by atoms with van der Waals surface area (Å²) in [6.07, 6.45) is 18.6. The lowest BCUT2D eigenvalue weighted by molar-refractivity contribution is 0.868. The van der Waals surface area contributed by atoms with Gasteiger partial charge < -0.3 is 0 Å². The molecule has 0 aromatic carbocycles. The molecule has 0 aliphatic heterocycles. The van der Waals surface area contributed by atoms with E-state index >= 15 is 0 Å². The van der Waals surface area contributed by atoms with Crippen LogP contribution in [0.15, 0.2) is 47.2 Å². The predicted octanol–water partition coefficient (Wildman–Crippen LogP) is 4.67. The van der Waals surface area contributed by atoms with E-state index in [0.29, 0.717) is 4.37 Å². The van der Waals surface area contributed by atoms with Crippen molar-refractivity contribution in [1.82, 2.24) is 0 Å². The Balaban J connectivity index is 2.45. The molecule has 0 bridgehead atoms. The molecule has 0 aromatic heterocycles. The molecule has 0 radical (unpaired) electrons. The van der Waals surface area contributed by atoms with Gasteiger partial charge in [-0.05, 0) is 26.0 Å². The van der Waals surface area contributed by atoms with Gasteiger partial charge in [-0.1, -0.05) is 60.3 Å². The fourth-order valence-electron chi connectivity index (χ4n) is 3.14. The fraction of sp³-hybridized carbons (Fsp3) is 0.467. The molecular formula is C15H22SSi. The first-order chi connectivity index (χ1) is 8.04. The zero-order valence-corrected chi connectivity index (χ0v) is 13.1. The summed E-state index contributed by atoms with van der Waals surface area (Å²) in [6.45, 7) is 7.37. The first-order valence-corrected chi connectivity index (χ1v) is 10.5. The fourth-order valence-corrected chi connectivity index (χ4v) is 9.52. The van der Waals surface area contributed by atoms with Crippen LogP contribution in [0, 0.1) is 0 Å². The van der Waals surface area contributed by atoms with Gasteiger partial charge in [-0.15, -0.1) is 0 Å². The average molecular weight is 262 g/mol. The molecular weight excluding hydrogens is 240 g/mol. The third-order valence-corrected chi connectivity index (χ3v) is 12.1. The van der Waals surface area contributed by atoms with Crippen LogP contribution in [0.1, 0.15) is 19.8 Å². The van der Waals surface area contributed by atoms with Crippen LogP contribution in [0.25, 0.3) is 0 Å². The zero-order chi connectivity index (χ0) is 12.5. The maximum atomic E-state index is 2.53. The van der Waals surface area contributed by atoms with Gasteiger partial charge in [-0.3, -0.25) is 0 Å². The van der Waals surface area contributed by atoms with E-state index in [9.17, 15) is 0 Å². The summed E-state index contributed by atoms with van der Waals surface area (Å²) in [5.74, 6) is 0. The highest BCUT2D eigenvalue weighted by atomic mass is 32.2. The Kier molecular flexibility index (Phi) is 3.55. The van der Waals surface area contributed by atoms with Gasteiger partial charge >= 0.3 is 0 Å². The van der Waals surface area contributed by atoms with Gasteiger partial charge in [0.2, 0.25) is 0 Å². The van der Waals surface area contributed by atoms with Gasteiger partial charge in [0.05, 0.1) is 0 Å². The Labute approximate surface area is 111 Å². The lowest BCUT2D eigenvalue weighted by Gasteiger charge is -2.46. The Morgan fingerprint density at radius 1 is 1.29 bits per heavy atom. The molecule has 0 saturated carbocycles. The first-order valence-electron chi connectivity index (χ1n) is 6.31. The summed E-state index contributed by atoms with van der Waals surface area (Å²) >= 11 is 2.06. The Hall–Kier alpha value is -0.473. The van der Waals surface area contributed by atoms with E-state index in [4.69, 9.17) is 0 Å². The minimum atomic E-state index is -1.47. The van der Waals surface area contributed by atoms with Crippen LogP contribution in [-0.2, 0) is 0 Å². The standard InChI is InChI=1S/C15H22SSi/c1-13-9-7-8-12-15(13,16-2)17(3,4)14-10-5-6-11-14/h5,7-11H,6,12H2,1-4H3. The van der Waals surface area contributed by atoms with Gasteiger partial charge in [0.15, 0.2) is 0 Å². The number of allylic oxidation sites excluding steroid dienone is 7. The molecule has 1 atom stereocenters. The highest BCUT2D eigenvalue weighted by molar-refractivity contribution is 8.02. The maximum Gasteiger partial charge on any atom is 0.103 e. The zero-order valence-electron chi connectivity index (χ0n) is 11.3. The van der Waals surface area contributed by atoms with E-state index in [0.717, 1.165) is 6.42 Å². The topological polar surface area (TPSA) is 0 Å². The van der Waals surface area contributed by atoms with Gasteiger partial charge in [-0.2, -0.15) is 11.8 Å². The predicted molar refractivity (Wildman–Crippen MR) is 83.1 cm³/mol. The summed E-state index contributed by atoms with van der Waals surface area (Å²) < 4.78 is 0.349. The van der Waals surface area contributed by atoms with E-state index in [2.05, 4.69) is 74.5 Å². The molecule has 2 rings (SSSR count). The minimum Gasteiger partial charge on any atom is -0.157 e. The summed E-state index contributed by atoms with van der Waals surface area (Å²) in [6, 6.07) is 0.